The third-order valence-electron chi connectivity index (χ3n) is 2.54. The predicted molar refractivity (Wildman–Crippen MR) is 78.0 cm³/mol. The molecule has 0 aliphatic carbocycles. The molecule has 20 heavy (non-hydrogen) atoms. The summed E-state index contributed by atoms with van der Waals surface area (Å²) in [6, 6.07) is 7.91. The van der Waals surface area contributed by atoms with Crippen molar-refractivity contribution in [2.75, 3.05) is 0 Å². The van der Waals surface area contributed by atoms with E-state index in [1.807, 2.05) is 38.1 Å². The molecule has 2 heterocycles. The molecule has 0 saturated carbocycles. The van der Waals surface area contributed by atoms with Crippen LogP contribution in [0.5, 0.6) is 5.75 Å². The van der Waals surface area contributed by atoms with Crippen LogP contribution in [0.3, 0.4) is 0 Å². The zero-order valence-corrected chi connectivity index (χ0v) is 12.0. The summed E-state index contributed by atoms with van der Waals surface area (Å²) in [6.45, 7) is 4.02. The van der Waals surface area contributed by atoms with Gasteiger partial charge in [0.2, 0.25) is 0 Å². The highest BCUT2D eigenvalue weighted by Gasteiger charge is 2.05. The van der Waals surface area contributed by atoms with E-state index >= 15 is 0 Å². The maximum atomic E-state index is 5.68. The van der Waals surface area contributed by atoms with Gasteiger partial charge in [0, 0.05) is 4.90 Å². The van der Waals surface area contributed by atoms with E-state index in [0.29, 0.717) is 10.8 Å². The molecule has 0 amide bonds. The fourth-order valence-corrected chi connectivity index (χ4v) is 2.53. The van der Waals surface area contributed by atoms with E-state index in [2.05, 4.69) is 19.9 Å². The van der Waals surface area contributed by atoms with Crippen molar-refractivity contribution in [3.8, 4) is 5.75 Å². The van der Waals surface area contributed by atoms with Crippen molar-refractivity contribution in [2.24, 2.45) is 0 Å². The predicted octanol–water partition coefficient (Wildman–Crippen LogP) is 3.29. The first-order chi connectivity index (χ1) is 9.70. The first-order valence-electron chi connectivity index (χ1n) is 6.31. The smallest absolute Gasteiger partial charge is 0.194 e. The van der Waals surface area contributed by atoms with Gasteiger partial charge in [0.15, 0.2) is 10.8 Å². The van der Waals surface area contributed by atoms with E-state index in [0.717, 1.165) is 16.2 Å². The average molecular weight is 286 g/mol. The zero-order valence-electron chi connectivity index (χ0n) is 11.2. The Bertz CT molecular complexity index is 726. The molecule has 0 fully saturated rings. The average Bonchev–Trinajstić information content (AvgIpc) is 2.85. The Morgan fingerprint density at radius 1 is 1.25 bits per heavy atom. The Hall–Kier alpha value is -2.08. The fraction of sp³-hybridized carbons (Fsp3) is 0.214. The van der Waals surface area contributed by atoms with Gasteiger partial charge in [0.25, 0.3) is 0 Å². The van der Waals surface area contributed by atoms with Gasteiger partial charge in [-0.25, -0.2) is 15.0 Å². The maximum Gasteiger partial charge on any atom is 0.194 e. The number of hydrogen-bond donors (Lipinski definition) is 1. The van der Waals surface area contributed by atoms with E-state index in [1.54, 1.807) is 12.5 Å². The number of imidazole rings is 1. The lowest BCUT2D eigenvalue weighted by Gasteiger charge is -2.10. The molecular formula is C14H14N4OS. The summed E-state index contributed by atoms with van der Waals surface area (Å²) >= 11 is 1.49. The topological polar surface area (TPSA) is 63.7 Å². The van der Waals surface area contributed by atoms with Gasteiger partial charge in [-0.1, -0.05) is 6.07 Å². The Morgan fingerprint density at radius 2 is 2.15 bits per heavy atom. The van der Waals surface area contributed by atoms with Crippen LogP contribution in [0.15, 0.2) is 46.8 Å². The van der Waals surface area contributed by atoms with Gasteiger partial charge in [-0.05, 0) is 43.8 Å². The van der Waals surface area contributed by atoms with Crippen molar-refractivity contribution in [3.63, 3.8) is 0 Å². The summed E-state index contributed by atoms with van der Waals surface area (Å²) in [6.07, 6.45) is 3.52. The van der Waals surface area contributed by atoms with Crippen LogP contribution in [-0.4, -0.2) is 26.0 Å². The Morgan fingerprint density at radius 3 is 3.00 bits per heavy atom. The number of ether oxygens (including phenoxy) is 1. The second-order valence-electron chi connectivity index (χ2n) is 4.54. The van der Waals surface area contributed by atoms with Crippen LogP contribution in [0.1, 0.15) is 13.8 Å². The van der Waals surface area contributed by atoms with Crippen molar-refractivity contribution >= 4 is 22.9 Å². The Labute approximate surface area is 120 Å². The van der Waals surface area contributed by atoms with E-state index in [9.17, 15) is 0 Å². The maximum absolute atomic E-state index is 5.68. The SMILES string of the molecule is CC(C)Oc1cccc(Sc2ncc3[nH]cnc3n2)c1. The lowest BCUT2D eigenvalue weighted by atomic mass is 10.3. The fourth-order valence-electron chi connectivity index (χ4n) is 1.76. The van der Waals surface area contributed by atoms with Crippen molar-refractivity contribution in [2.45, 2.75) is 30.0 Å². The normalized spacial score (nSPS) is 11.2. The first kappa shape index (κ1) is 12.9. The molecule has 0 aliphatic rings. The van der Waals surface area contributed by atoms with Gasteiger partial charge in [-0.15, -0.1) is 0 Å². The second kappa shape index (κ2) is 5.50. The molecule has 6 heteroatoms. The van der Waals surface area contributed by atoms with Crippen LogP contribution in [0.4, 0.5) is 0 Å². The summed E-state index contributed by atoms with van der Waals surface area (Å²) in [5, 5.41) is 0.672. The summed E-state index contributed by atoms with van der Waals surface area (Å²) in [4.78, 5) is 16.8. The van der Waals surface area contributed by atoms with Crippen LogP contribution < -0.4 is 4.74 Å². The van der Waals surface area contributed by atoms with Crippen molar-refractivity contribution in [1.29, 1.82) is 0 Å². The molecule has 5 nitrogen and oxygen atoms in total. The lowest BCUT2D eigenvalue weighted by molar-refractivity contribution is 0.242. The molecule has 2 aromatic heterocycles. The monoisotopic (exact) mass is 286 g/mol. The zero-order chi connectivity index (χ0) is 13.9. The molecule has 0 aliphatic heterocycles. The van der Waals surface area contributed by atoms with Gasteiger partial charge < -0.3 is 9.72 Å². The largest absolute Gasteiger partial charge is 0.491 e. The van der Waals surface area contributed by atoms with Crippen LogP contribution in [0, 0.1) is 0 Å². The van der Waals surface area contributed by atoms with Crippen LogP contribution in [0.25, 0.3) is 11.2 Å². The number of benzene rings is 1. The van der Waals surface area contributed by atoms with Crippen LogP contribution in [0.2, 0.25) is 0 Å². The molecule has 1 N–H and O–H groups in total. The minimum absolute atomic E-state index is 0.159. The number of H-pyrrole nitrogens is 1. The number of nitrogens with zero attached hydrogens (tertiary/aromatic N) is 3. The number of nitrogens with one attached hydrogen (secondary N) is 1. The first-order valence-corrected chi connectivity index (χ1v) is 7.13. The van der Waals surface area contributed by atoms with Gasteiger partial charge >= 0.3 is 0 Å². The highest BCUT2D eigenvalue weighted by atomic mass is 32.2. The molecule has 3 aromatic rings. The summed E-state index contributed by atoms with van der Waals surface area (Å²) in [7, 11) is 0. The molecule has 0 spiro atoms. The van der Waals surface area contributed by atoms with Gasteiger partial charge in [-0.2, -0.15) is 0 Å². The molecule has 0 unspecified atom stereocenters. The molecule has 0 saturated heterocycles. The van der Waals surface area contributed by atoms with Crippen molar-refractivity contribution in [1.82, 2.24) is 19.9 Å². The van der Waals surface area contributed by atoms with E-state index in [1.165, 1.54) is 11.8 Å². The van der Waals surface area contributed by atoms with Crippen molar-refractivity contribution in [3.05, 3.63) is 36.8 Å². The molecule has 0 radical (unpaired) electrons. The number of aromatic nitrogens is 4. The summed E-state index contributed by atoms with van der Waals surface area (Å²) in [5.41, 5.74) is 1.52. The highest BCUT2D eigenvalue weighted by Crippen LogP contribution is 2.28. The third kappa shape index (κ3) is 2.91. The molecular weight excluding hydrogens is 272 g/mol. The molecule has 102 valence electrons. The summed E-state index contributed by atoms with van der Waals surface area (Å²) < 4.78 is 5.68. The van der Waals surface area contributed by atoms with Crippen molar-refractivity contribution < 1.29 is 4.74 Å². The summed E-state index contributed by atoms with van der Waals surface area (Å²) in [5.74, 6) is 0.853. The highest BCUT2D eigenvalue weighted by molar-refractivity contribution is 7.99. The molecule has 0 bridgehead atoms. The van der Waals surface area contributed by atoms with E-state index < -0.39 is 0 Å². The minimum Gasteiger partial charge on any atom is -0.491 e. The second-order valence-corrected chi connectivity index (χ2v) is 5.58. The number of fused-ring (bicyclic) bond motifs is 1. The Kier molecular flexibility index (Phi) is 3.56. The lowest BCUT2D eigenvalue weighted by Crippen LogP contribution is -2.05. The number of rotatable bonds is 4. The van der Waals surface area contributed by atoms with Crippen LogP contribution >= 0.6 is 11.8 Å². The number of aromatic amines is 1. The third-order valence-corrected chi connectivity index (χ3v) is 3.41. The molecule has 3 rings (SSSR count). The number of hydrogen-bond acceptors (Lipinski definition) is 5. The molecule has 0 atom stereocenters. The van der Waals surface area contributed by atoms with E-state index in [-0.39, 0.29) is 6.10 Å². The van der Waals surface area contributed by atoms with Gasteiger partial charge in [-0.3, -0.25) is 0 Å². The van der Waals surface area contributed by atoms with Crippen LogP contribution in [-0.2, 0) is 0 Å². The van der Waals surface area contributed by atoms with E-state index in [4.69, 9.17) is 4.74 Å². The van der Waals surface area contributed by atoms with Gasteiger partial charge in [0.05, 0.1) is 18.6 Å². The standard InChI is InChI=1S/C14H14N4OS/c1-9(2)19-10-4-3-5-11(6-10)20-14-15-7-12-13(18-14)17-8-16-12/h3-9H,1-2H3,(H,15,16,17,18). The minimum atomic E-state index is 0.159. The Balaban J connectivity index is 1.82. The van der Waals surface area contributed by atoms with Gasteiger partial charge in [0.1, 0.15) is 11.3 Å². The quantitative estimate of drug-likeness (QED) is 0.746. The molecule has 1 aromatic carbocycles.